The van der Waals surface area contributed by atoms with Crippen molar-refractivity contribution in [2.24, 2.45) is 0 Å². The number of fused-ring (bicyclic) bond motifs is 1. The molecule has 0 bridgehead atoms. The Morgan fingerprint density at radius 2 is 2.17 bits per heavy atom. The SMILES string of the molecule is Cc1[nH]c2cnc(Cl)nc2c1Cl. The number of nitrogens with one attached hydrogen (secondary N) is 1. The minimum absolute atomic E-state index is 0.211. The van der Waals surface area contributed by atoms with E-state index in [0.29, 0.717) is 10.5 Å². The Kier molecular flexibility index (Phi) is 1.70. The highest BCUT2D eigenvalue weighted by Crippen LogP contribution is 2.24. The molecular formula is C7H5Cl2N3. The first-order chi connectivity index (χ1) is 5.68. The number of hydrogen-bond acceptors (Lipinski definition) is 2. The van der Waals surface area contributed by atoms with Gasteiger partial charge in [0.05, 0.1) is 16.7 Å². The summed E-state index contributed by atoms with van der Waals surface area (Å²) in [6.07, 6.45) is 1.61. The Labute approximate surface area is 78.7 Å². The van der Waals surface area contributed by atoms with E-state index >= 15 is 0 Å². The average molecular weight is 202 g/mol. The summed E-state index contributed by atoms with van der Waals surface area (Å²) >= 11 is 11.5. The molecule has 0 unspecified atom stereocenters. The van der Waals surface area contributed by atoms with Gasteiger partial charge in [0.25, 0.3) is 0 Å². The third-order valence-electron chi connectivity index (χ3n) is 1.62. The first kappa shape index (κ1) is 7.83. The lowest BCUT2D eigenvalue weighted by Gasteiger charge is -1.88. The van der Waals surface area contributed by atoms with Crippen LogP contribution in [-0.2, 0) is 0 Å². The molecular weight excluding hydrogens is 197 g/mol. The van der Waals surface area contributed by atoms with Gasteiger partial charge < -0.3 is 4.98 Å². The lowest BCUT2D eigenvalue weighted by atomic mass is 10.4. The molecule has 12 heavy (non-hydrogen) atoms. The van der Waals surface area contributed by atoms with Gasteiger partial charge in [-0.05, 0) is 18.5 Å². The van der Waals surface area contributed by atoms with Gasteiger partial charge in [-0.15, -0.1) is 0 Å². The molecule has 2 aromatic rings. The highest BCUT2D eigenvalue weighted by Gasteiger charge is 2.07. The lowest BCUT2D eigenvalue weighted by Crippen LogP contribution is -1.80. The fourth-order valence-electron chi connectivity index (χ4n) is 1.05. The zero-order chi connectivity index (χ0) is 8.72. The van der Waals surface area contributed by atoms with Crippen molar-refractivity contribution in [2.45, 2.75) is 6.92 Å². The van der Waals surface area contributed by atoms with Gasteiger partial charge in [-0.3, -0.25) is 0 Å². The van der Waals surface area contributed by atoms with Crippen LogP contribution in [0, 0.1) is 6.92 Å². The molecule has 0 radical (unpaired) electrons. The van der Waals surface area contributed by atoms with Crippen molar-refractivity contribution in [3.63, 3.8) is 0 Å². The van der Waals surface area contributed by atoms with E-state index in [2.05, 4.69) is 15.0 Å². The van der Waals surface area contributed by atoms with Crippen LogP contribution in [0.2, 0.25) is 10.3 Å². The molecule has 2 rings (SSSR count). The zero-order valence-electron chi connectivity index (χ0n) is 6.23. The Morgan fingerprint density at radius 1 is 1.42 bits per heavy atom. The van der Waals surface area contributed by atoms with Gasteiger partial charge >= 0.3 is 0 Å². The van der Waals surface area contributed by atoms with Gasteiger partial charge in [0, 0.05) is 5.69 Å². The molecule has 0 aliphatic carbocycles. The molecule has 0 aromatic carbocycles. The quantitative estimate of drug-likeness (QED) is 0.667. The third kappa shape index (κ3) is 1.06. The third-order valence-corrected chi connectivity index (χ3v) is 2.26. The Balaban J connectivity index is 2.88. The maximum absolute atomic E-state index is 5.93. The van der Waals surface area contributed by atoms with Crippen LogP contribution in [-0.4, -0.2) is 15.0 Å². The molecule has 0 spiro atoms. The number of H-pyrrole nitrogens is 1. The van der Waals surface area contributed by atoms with Crippen molar-refractivity contribution < 1.29 is 0 Å². The first-order valence-electron chi connectivity index (χ1n) is 3.35. The van der Waals surface area contributed by atoms with Crippen molar-refractivity contribution in [1.29, 1.82) is 0 Å². The van der Waals surface area contributed by atoms with Crippen LogP contribution in [0.4, 0.5) is 0 Å². The normalized spacial score (nSPS) is 10.9. The molecule has 0 saturated carbocycles. The van der Waals surface area contributed by atoms with Gasteiger partial charge in [-0.1, -0.05) is 11.6 Å². The Bertz CT molecular complexity index is 435. The maximum Gasteiger partial charge on any atom is 0.223 e. The summed E-state index contributed by atoms with van der Waals surface area (Å²) in [7, 11) is 0. The molecule has 0 atom stereocenters. The van der Waals surface area contributed by atoms with Crippen molar-refractivity contribution in [3.8, 4) is 0 Å². The summed E-state index contributed by atoms with van der Waals surface area (Å²) in [5.41, 5.74) is 2.36. The van der Waals surface area contributed by atoms with Crippen molar-refractivity contribution in [3.05, 3.63) is 22.2 Å². The predicted octanol–water partition coefficient (Wildman–Crippen LogP) is 2.57. The maximum atomic E-state index is 5.93. The number of hydrogen-bond donors (Lipinski definition) is 1. The van der Waals surface area contributed by atoms with E-state index in [1.165, 1.54) is 0 Å². The van der Waals surface area contributed by atoms with Crippen LogP contribution >= 0.6 is 23.2 Å². The number of aromatic nitrogens is 3. The van der Waals surface area contributed by atoms with E-state index in [-0.39, 0.29) is 5.28 Å². The van der Waals surface area contributed by atoms with E-state index in [1.54, 1.807) is 6.20 Å². The van der Waals surface area contributed by atoms with Crippen LogP contribution in [0.15, 0.2) is 6.20 Å². The van der Waals surface area contributed by atoms with E-state index in [0.717, 1.165) is 11.2 Å². The Morgan fingerprint density at radius 3 is 2.92 bits per heavy atom. The highest BCUT2D eigenvalue weighted by molar-refractivity contribution is 6.36. The first-order valence-corrected chi connectivity index (χ1v) is 4.10. The minimum Gasteiger partial charge on any atom is -0.355 e. The van der Waals surface area contributed by atoms with E-state index in [9.17, 15) is 0 Å². The number of rotatable bonds is 0. The summed E-state index contributed by atoms with van der Waals surface area (Å²) < 4.78 is 0. The molecule has 5 heteroatoms. The van der Waals surface area contributed by atoms with Crippen LogP contribution in [0.25, 0.3) is 11.0 Å². The largest absolute Gasteiger partial charge is 0.355 e. The van der Waals surface area contributed by atoms with Gasteiger partial charge in [0.1, 0.15) is 5.52 Å². The number of aryl methyl sites for hydroxylation is 1. The van der Waals surface area contributed by atoms with Gasteiger partial charge in [-0.2, -0.15) is 0 Å². The number of halogens is 2. The van der Waals surface area contributed by atoms with Crippen molar-refractivity contribution >= 4 is 34.2 Å². The molecule has 0 amide bonds. The number of nitrogens with zero attached hydrogens (tertiary/aromatic N) is 2. The molecule has 0 fully saturated rings. The molecule has 0 aliphatic rings. The fraction of sp³-hybridized carbons (Fsp3) is 0.143. The fourth-order valence-corrected chi connectivity index (χ4v) is 1.38. The monoisotopic (exact) mass is 201 g/mol. The summed E-state index contributed by atoms with van der Waals surface area (Å²) in [4.78, 5) is 10.9. The lowest BCUT2D eigenvalue weighted by molar-refractivity contribution is 1.21. The van der Waals surface area contributed by atoms with Crippen molar-refractivity contribution in [1.82, 2.24) is 15.0 Å². The minimum atomic E-state index is 0.211. The van der Waals surface area contributed by atoms with Crippen molar-refractivity contribution in [2.75, 3.05) is 0 Å². The summed E-state index contributed by atoms with van der Waals surface area (Å²) in [5.74, 6) is 0. The highest BCUT2D eigenvalue weighted by atomic mass is 35.5. The van der Waals surface area contributed by atoms with Crippen LogP contribution in [0.3, 0.4) is 0 Å². The smallest absolute Gasteiger partial charge is 0.223 e. The zero-order valence-corrected chi connectivity index (χ0v) is 7.74. The molecule has 62 valence electrons. The van der Waals surface area contributed by atoms with Gasteiger partial charge in [0.2, 0.25) is 5.28 Å². The van der Waals surface area contributed by atoms with Gasteiger partial charge in [-0.25, -0.2) is 9.97 Å². The number of aromatic amines is 1. The Hall–Kier alpha value is -0.800. The summed E-state index contributed by atoms with van der Waals surface area (Å²) in [6, 6.07) is 0. The topological polar surface area (TPSA) is 41.6 Å². The molecule has 1 N–H and O–H groups in total. The van der Waals surface area contributed by atoms with Crippen LogP contribution < -0.4 is 0 Å². The van der Waals surface area contributed by atoms with Gasteiger partial charge in [0.15, 0.2) is 0 Å². The van der Waals surface area contributed by atoms with Crippen LogP contribution in [0.1, 0.15) is 5.69 Å². The second kappa shape index (κ2) is 2.61. The molecule has 0 aliphatic heterocycles. The van der Waals surface area contributed by atoms with E-state index in [4.69, 9.17) is 23.2 Å². The molecule has 0 saturated heterocycles. The van der Waals surface area contributed by atoms with E-state index in [1.807, 2.05) is 6.92 Å². The predicted molar refractivity (Wildman–Crippen MR) is 48.6 cm³/mol. The average Bonchev–Trinajstić information content (AvgIpc) is 2.31. The second-order valence-corrected chi connectivity index (χ2v) is 3.18. The standard InChI is InChI=1S/C7H5Cl2N3/c1-3-5(8)6-4(11-3)2-10-7(9)12-6/h2,11H,1H3. The van der Waals surface area contributed by atoms with Crippen LogP contribution in [0.5, 0.6) is 0 Å². The van der Waals surface area contributed by atoms with E-state index < -0.39 is 0 Å². The molecule has 2 heterocycles. The molecule has 3 nitrogen and oxygen atoms in total. The molecule has 2 aromatic heterocycles. The second-order valence-electron chi connectivity index (χ2n) is 2.47. The summed E-state index contributed by atoms with van der Waals surface area (Å²) in [6.45, 7) is 1.87. The summed E-state index contributed by atoms with van der Waals surface area (Å²) in [5, 5.41) is 0.817.